The largest absolute Gasteiger partial charge is 0.462 e. The number of aromatic nitrogens is 1. The number of esters is 1. The van der Waals surface area contributed by atoms with Gasteiger partial charge in [-0.2, -0.15) is 5.26 Å². The van der Waals surface area contributed by atoms with Crippen LogP contribution >= 0.6 is 11.8 Å². The van der Waals surface area contributed by atoms with Gasteiger partial charge in [0.1, 0.15) is 11.6 Å². The van der Waals surface area contributed by atoms with E-state index in [1.165, 1.54) is 16.2 Å². The summed E-state index contributed by atoms with van der Waals surface area (Å²) >= 11 is 1.22. The predicted molar refractivity (Wildman–Crippen MR) is 83.2 cm³/mol. The Bertz CT molecular complexity index is 847. The zero-order valence-electron chi connectivity index (χ0n) is 12.0. The van der Waals surface area contributed by atoms with Gasteiger partial charge in [0.2, 0.25) is 0 Å². The van der Waals surface area contributed by atoms with Crippen LogP contribution in [0.4, 0.5) is 0 Å². The molecule has 1 saturated carbocycles. The van der Waals surface area contributed by atoms with Gasteiger partial charge in [0.15, 0.2) is 0 Å². The first-order valence-corrected chi connectivity index (χ1v) is 8.18. The SMILES string of the molecule is CSc1c(C#N)c(=O)n2ccccc2c1C(=O)OCC1CC1. The summed E-state index contributed by atoms with van der Waals surface area (Å²) in [6, 6.07) is 7.05. The number of fused-ring (bicyclic) bond motifs is 1. The smallest absolute Gasteiger partial charge is 0.341 e. The quantitative estimate of drug-likeness (QED) is 0.640. The second-order valence-corrected chi connectivity index (χ2v) is 6.01. The van der Waals surface area contributed by atoms with Gasteiger partial charge in [-0.1, -0.05) is 6.07 Å². The molecule has 1 fully saturated rings. The van der Waals surface area contributed by atoms with Crippen LogP contribution in [0.2, 0.25) is 0 Å². The number of ether oxygens (including phenoxy) is 1. The number of nitriles is 1. The van der Waals surface area contributed by atoms with Crippen molar-refractivity contribution in [2.45, 2.75) is 17.7 Å². The summed E-state index contributed by atoms with van der Waals surface area (Å²) in [4.78, 5) is 25.2. The third kappa shape index (κ3) is 2.48. The van der Waals surface area contributed by atoms with Gasteiger partial charge in [-0.15, -0.1) is 11.8 Å². The zero-order chi connectivity index (χ0) is 15.7. The van der Waals surface area contributed by atoms with Gasteiger partial charge in [0.25, 0.3) is 5.56 Å². The minimum Gasteiger partial charge on any atom is -0.462 e. The number of hydrogen-bond donors (Lipinski definition) is 0. The Kier molecular flexibility index (Phi) is 3.90. The molecule has 2 aromatic heterocycles. The van der Waals surface area contributed by atoms with Crippen molar-refractivity contribution >= 4 is 23.2 Å². The molecule has 0 unspecified atom stereocenters. The van der Waals surface area contributed by atoms with Gasteiger partial charge >= 0.3 is 5.97 Å². The second-order valence-electron chi connectivity index (χ2n) is 5.20. The van der Waals surface area contributed by atoms with E-state index in [0.29, 0.717) is 28.5 Å². The molecular weight excluding hydrogens is 300 g/mol. The lowest BCUT2D eigenvalue weighted by Crippen LogP contribution is -2.22. The van der Waals surface area contributed by atoms with Crippen LogP contribution in [0.5, 0.6) is 0 Å². The maximum atomic E-state index is 12.5. The molecule has 0 spiro atoms. The lowest BCUT2D eigenvalue weighted by molar-refractivity contribution is 0.0484. The molecule has 2 heterocycles. The maximum Gasteiger partial charge on any atom is 0.341 e. The van der Waals surface area contributed by atoms with Gasteiger partial charge in [0.05, 0.1) is 17.7 Å². The standard InChI is InChI=1S/C16H14N2O3S/c1-22-14-11(8-17)15(19)18-7-3-2-4-12(18)13(14)16(20)21-9-10-5-6-10/h2-4,7,10H,5-6,9H2,1H3. The van der Waals surface area contributed by atoms with Crippen LogP contribution in [0, 0.1) is 17.2 Å². The monoisotopic (exact) mass is 314 g/mol. The normalized spacial score (nSPS) is 13.8. The number of hydrogen-bond acceptors (Lipinski definition) is 5. The fourth-order valence-corrected chi connectivity index (χ4v) is 3.06. The van der Waals surface area contributed by atoms with Crippen molar-refractivity contribution in [3.8, 4) is 6.07 Å². The first-order chi connectivity index (χ1) is 10.7. The van der Waals surface area contributed by atoms with E-state index in [9.17, 15) is 14.9 Å². The van der Waals surface area contributed by atoms with E-state index in [1.807, 2.05) is 6.07 Å². The first kappa shape index (κ1) is 14.7. The summed E-state index contributed by atoms with van der Waals surface area (Å²) in [5.41, 5.74) is 0.331. The van der Waals surface area contributed by atoms with E-state index in [2.05, 4.69) is 0 Å². The van der Waals surface area contributed by atoms with E-state index in [-0.39, 0.29) is 5.56 Å². The number of thioether (sulfide) groups is 1. The summed E-state index contributed by atoms with van der Waals surface area (Å²) in [5.74, 6) is -0.0220. The summed E-state index contributed by atoms with van der Waals surface area (Å²) in [6.45, 7) is 0.395. The topological polar surface area (TPSA) is 71.6 Å². The Morgan fingerprint density at radius 3 is 2.91 bits per heavy atom. The van der Waals surface area contributed by atoms with Gasteiger partial charge in [-0.25, -0.2) is 4.79 Å². The molecule has 2 aromatic rings. The van der Waals surface area contributed by atoms with Gasteiger partial charge in [0, 0.05) is 11.1 Å². The average molecular weight is 314 g/mol. The molecule has 3 rings (SSSR count). The molecule has 0 atom stereocenters. The molecule has 0 radical (unpaired) electrons. The molecule has 112 valence electrons. The molecule has 5 nitrogen and oxygen atoms in total. The lowest BCUT2D eigenvalue weighted by Gasteiger charge is -2.13. The Balaban J connectivity index is 2.21. The first-order valence-electron chi connectivity index (χ1n) is 6.96. The van der Waals surface area contributed by atoms with E-state index in [1.54, 1.807) is 30.7 Å². The fraction of sp³-hybridized carbons (Fsp3) is 0.312. The van der Waals surface area contributed by atoms with E-state index < -0.39 is 11.5 Å². The van der Waals surface area contributed by atoms with Crippen LogP contribution in [0.3, 0.4) is 0 Å². The van der Waals surface area contributed by atoms with Crippen LogP contribution in [0.25, 0.3) is 5.52 Å². The highest BCUT2D eigenvalue weighted by Crippen LogP contribution is 2.31. The van der Waals surface area contributed by atoms with Gasteiger partial charge < -0.3 is 4.74 Å². The van der Waals surface area contributed by atoms with E-state index >= 15 is 0 Å². The molecule has 0 amide bonds. The molecule has 0 saturated heterocycles. The van der Waals surface area contributed by atoms with Crippen LogP contribution < -0.4 is 5.56 Å². The van der Waals surface area contributed by atoms with Gasteiger partial charge in [-0.05, 0) is 37.1 Å². The lowest BCUT2D eigenvalue weighted by atomic mass is 10.1. The van der Waals surface area contributed by atoms with Crippen LogP contribution in [0.15, 0.2) is 34.1 Å². The molecule has 0 N–H and O–H groups in total. The van der Waals surface area contributed by atoms with E-state index in [0.717, 1.165) is 12.8 Å². The fourth-order valence-electron chi connectivity index (χ4n) is 2.33. The number of rotatable bonds is 4. The minimum atomic E-state index is -0.476. The third-order valence-electron chi connectivity index (χ3n) is 3.67. The van der Waals surface area contributed by atoms with Crippen molar-refractivity contribution in [3.05, 3.63) is 45.9 Å². The predicted octanol–water partition coefficient (Wildman–Crippen LogP) is 2.46. The van der Waals surface area contributed by atoms with Crippen molar-refractivity contribution in [1.82, 2.24) is 4.40 Å². The summed E-state index contributed by atoms with van der Waals surface area (Å²) in [7, 11) is 0. The molecular formula is C16H14N2O3S. The zero-order valence-corrected chi connectivity index (χ0v) is 12.9. The molecule has 0 aromatic carbocycles. The Labute approximate surface area is 131 Å². The molecule has 1 aliphatic carbocycles. The highest BCUT2D eigenvalue weighted by Gasteiger charge is 2.27. The summed E-state index contributed by atoms with van der Waals surface area (Å²) in [5, 5.41) is 9.30. The Morgan fingerprint density at radius 2 is 2.27 bits per heavy atom. The van der Waals surface area contributed by atoms with Crippen molar-refractivity contribution in [2.24, 2.45) is 5.92 Å². The van der Waals surface area contributed by atoms with Crippen molar-refractivity contribution in [3.63, 3.8) is 0 Å². The van der Waals surface area contributed by atoms with Crippen LogP contribution in [-0.2, 0) is 4.74 Å². The third-order valence-corrected chi connectivity index (χ3v) is 4.49. The molecule has 0 bridgehead atoms. The highest BCUT2D eigenvalue weighted by atomic mass is 32.2. The van der Waals surface area contributed by atoms with Gasteiger partial charge in [-0.3, -0.25) is 9.20 Å². The molecule has 0 aliphatic heterocycles. The molecule has 6 heteroatoms. The highest BCUT2D eigenvalue weighted by molar-refractivity contribution is 7.98. The maximum absolute atomic E-state index is 12.5. The number of carbonyl (C=O) groups excluding carboxylic acids is 1. The number of carbonyl (C=O) groups is 1. The minimum absolute atomic E-state index is 0.0189. The summed E-state index contributed by atoms with van der Waals surface area (Å²) in [6.07, 6.45) is 5.47. The van der Waals surface area contributed by atoms with Crippen LogP contribution in [0.1, 0.15) is 28.8 Å². The number of nitrogens with zero attached hydrogens (tertiary/aromatic N) is 2. The van der Waals surface area contributed by atoms with E-state index in [4.69, 9.17) is 4.74 Å². The molecule has 22 heavy (non-hydrogen) atoms. The van der Waals surface area contributed by atoms with Crippen molar-refractivity contribution in [2.75, 3.05) is 12.9 Å². The Morgan fingerprint density at radius 1 is 1.50 bits per heavy atom. The Hall–Kier alpha value is -2.26. The number of pyridine rings is 2. The van der Waals surface area contributed by atoms with Crippen molar-refractivity contribution < 1.29 is 9.53 Å². The van der Waals surface area contributed by atoms with Crippen LogP contribution in [-0.4, -0.2) is 23.2 Å². The van der Waals surface area contributed by atoms with Crippen molar-refractivity contribution in [1.29, 1.82) is 5.26 Å². The average Bonchev–Trinajstić information content (AvgIpc) is 3.36. The summed E-state index contributed by atoms with van der Waals surface area (Å²) < 4.78 is 6.69. The second kappa shape index (κ2) is 5.85. The molecule has 1 aliphatic rings.